The Balaban J connectivity index is 1.53. The lowest BCUT2D eigenvalue weighted by molar-refractivity contribution is -0.150. The molecule has 2 amide bonds. The lowest BCUT2D eigenvalue weighted by atomic mass is 10.1. The first kappa shape index (κ1) is 21.4. The fourth-order valence-electron chi connectivity index (χ4n) is 3.10. The first-order valence-corrected chi connectivity index (χ1v) is 10.7. The quantitative estimate of drug-likeness (QED) is 0.390. The number of amides is 2. The zero-order chi connectivity index (χ0) is 20.6. The van der Waals surface area contributed by atoms with E-state index in [2.05, 4.69) is 10.6 Å². The Morgan fingerprint density at radius 3 is 3.07 bits per heavy atom. The highest BCUT2D eigenvalue weighted by molar-refractivity contribution is 7.80. The van der Waals surface area contributed by atoms with Crippen molar-refractivity contribution in [2.24, 2.45) is 0 Å². The monoisotopic (exact) mass is 437 g/mol. The summed E-state index contributed by atoms with van der Waals surface area (Å²) in [6.07, 6.45) is 4.65. The van der Waals surface area contributed by atoms with Crippen LogP contribution in [0, 0.1) is 0 Å². The first-order chi connectivity index (χ1) is 14.0. The number of nitrogens with zero attached hydrogens (tertiary/aromatic N) is 1. The van der Waals surface area contributed by atoms with Crippen molar-refractivity contribution >= 4 is 52.5 Å². The van der Waals surface area contributed by atoms with Crippen LogP contribution in [0.4, 0.5) is 0 Å². The Hall–Kier alpha value is -2.30. The highest BCUT2D eigenvalue weighted by Gasteiger charge is 2.34. The maximum Gasteiger partial charge on any atom is 0.308 e. The molecule has 0 saturated carbocycles. The SMILES string of the molecule is O=C(/C=C/c1cccs1)NC(=S)N1CCNC(=O)[C@H]1CC(=O)OC[C@@H]1CCCO1. The summed E-state index contributed by atoms with van der Waals surface area (Å²) in [5.74, 6) is -1.22. The number of hydrogen-bond donors (Lipinski definition) is 2. The van der Waals surface area contributed by atoms with Crippen LogP contribution in [0.15, 0.2) is 23.6 Å². The van der Waals surface area contributed by atoms with Gasteiger partial charge in [-0.25, -0.2) is 0 Å². The second-order valence-corrected chi connectivity index (χ2v) is 8.03. The molecule has 2 saturated heterocycles. The largest absolute Gasteiger partial charge is 0.463 e. The Morgan fingerprint density at radius 2 is 2.34 bits per heavy atom. The van der Waals surface area contributed by atoms with Crippen molar-refractivity contribution in [3.63, 3.8) is 0 Å². The van der Waals surface area contributed by atoms with Crippen LogP contribution in [0.25, 0.3) is 6.08 Å². The minimum absolute atomic E-state index is 0.0780. The lowest BCUT2D eigenvalue weighted by Gasteiger charge is -2.36. The fraction of sp³-hybridized carbons (Fsp3) is 0.474. The van der Waals surface area contributed by atoms with Gasteiger partial charge in [-0.05, 0) is 42.6 Å². The van der Waals surface area contributed by atoms with Crippen LogP contribution >= 0.6 is 23.6 Å². The van der Waals surface area contributed by atoms with Crippen LogP contribution in [0.2, 0.25) is 0 Å². The van der Waals surface area contributed by atoms with Crippen LogP contribution in [-0.2, 0) is 23.9 Å². The third-order valence-electron chi connectivity index (χ3n) is 4.58. The first-order valence-electron chi connectivity index (χ1n) is 9.41. The standard InChI is InChI=1S/C19H23N3O5S2/c23-16(6-5-14-4-2-10-29-14)21-19(28)22-8-7-20-18(25)15(22)11-17(24)27-12-13-3-1-9-26-13/h2,4-6,10,13,15H,1,3,7-9,11-12H2,(H,20,25)(H,21,23,28)/b6-5+/t13-,15+/m0/s1. The van der Waals surface area contributed by atoms with E-state index in [1.165, 1.54) is 17.4 Å². The van der Waals surface area contributed by atoms with Gasteiger partial charge < -0.3 is 19.7 Å². The van der Waals surface area contributed by atoms with Gasteiger partial charge >= 0.3 is 5.97 Å². The molecule has 0 bridgehead atoms. The van der Waals surface area contributed by atoms with E-state index in [1.54, 1.807) is 11.0 Å². The molecule has 29 heavy (non-hydrogen) atoms. The van der Waals surface area contributed by atoms with Gasteiger partial charge in [0.15, 0.2) is 5.11 Å². The van der Waals surface area contributed by atoms with E-state index >= 15 is 0 Å². The van der Waals surface area contributed by atoms with Crippen molar-refractivity contribution in [2.75, 3.05) is 26.3 Å². The summed E-state index contributed by atoms with van der Waals surface area (Å²) < 4.78 is 10.7. The van der Waals surface area contributed by atoms with Crippen LogP contribution in [0.5, 0.6) is 0 Å². The van der Waals surface area contributed by atoms with E-state index in [0.29, 0.717) is 19.7 Å². The topological polar surface area (TPSA) is 97.0 Å². The number of esters is 1. The number of nitrogens with one attached hydrogen (secondary N) is 2. The number of rotatable bonds is 6. The van der Waals surface area contributed by atoms with E-state index in [0.717, 1.165) is 17.7 Å². The molecule has 3 rings (SSSR count). The summed E-state index contributed by atoms with van der Waals surface area (Å²) in [4.78, 5) is 39.1. The lowest BCUT2D eigenvalue weighted by Crippen LogP contribution is -2.60. The Labute approximate surface area is 178 Å². The highest BCUT2D eigenvalue weighted by atomic mass is 32.1. The number of carbonyl (C=O) groups is 3. The molecule has 2 N–H and O–H groups in total. The molecule has 2 aliphatic heterocycles. The van der Waals surface area contributed by atoms with E-state index in [9.17, 15) is 14.4 Å². The Morgan fingerprint density at radius 1 is 1.48 bits per heavy atom. The molecule has 1 aromatic rings. The van der Waals surface area contributed by atoms with Gasteiger partial charge in [0.25, 0.3) is 0 Å². The molecule has 3 heterocycles. The molecule has 0 aliphatic carbocycles. The second kappa shape index (κ2) is 10.5. The van der Waals surface area contributed by atoms with Gasteiger partial charge in [-0.2, -0.15) is 0 Å². The van der Waals surface area contributed by atoms with E-state index in [-0.39, 0.29) is 30.2 Å². The zero-order valence-electron chi connectivity index (χ0n) is 15.8. The summed E-state index contributed by atoms with van der Waals surface area (Å²) in [5, 5.41) is 7.34. The van der Waals surface area contributed by atoms with Crippen molar-refractivity contribution in [3.8, 4) is 0 Å². The summed E-state index contributed by atoms with van der Waals surface area (Å²) in [6.45, 7) is 1.63. The summed E-state index contributed by atoms with van der Waals surface area (Å²) in [6, 6.07) is 2.96. The number of hydrogen-bond acceptors (Lipinski definition) is 7. The molecule has 0 aromatic carbocycles. The van der Waals surface area contributed by atoms with Crippen molar-refractivity contribution in [2.45, 2.75) is 31.4 Å². The van der Waals surface area contributed by atoms with Crippen LogP contribution in [0.3, 0.4) is 0 Å². The smallest absolute Gasteiger partial charge is 0.308 e. The van der Waals surface area contributed by atoms with Gasteiger partial charge in [0.2, 0.25) is 11.8 Å². The summed E-state index contributed by atoms with van der Waals surface area (Å²) >= 11 is 6.82. The van der Waals surface area contributed by atoms with Gasteiger partial charge in [-0.3, -0.25) is 19.7 Å². The van der Waals surface area contributed by atoms with Crippen LogP contribution in [-0.4, -0.2) is 66.2 Å². The van der Waals surface area contributed by atoms with Crippen molar-refractivity contribution in [1.82, 2.24) is 15.5 Å². The van der Waals surface area contributed by atoms with Crippen LogP contribution in [0.1, 0.15) is 24.1 Å². The van der Waals surface area contributed by atoms with Crippen molar-refractivity contribution < 1.29 is 23.9 Å². The predicted molar refractivity (Wildman–Crippen MR) is 112 cm³/mol. The molecule has 2 fully saturated rings. The fourth-order valence-corrected chi connectivity index (χ4v) is 4.04. The van der Waals surface area contributed by atoms with E-state index in [4.69, 9.17) is 21.7 Å². The van der Waals surface area contributed by atoms with Crippen LogP contribution < -0.4 is 10.6 Å². The average Bonchev–Trinajstić information content (AvgIpc) is 3.40. The number of thiocarbonyl (C=S) groups is 1. The molecule has 0 unspecified atom stereocenters. The maximum atomic E-state index is 12.3. The number of carbonyl (C=O) groups excluding carboxylic acids is 3. The number of thiophene rings is 1. The zero-order valence-corrected chi connectivity index (χ0v) is 17.4. The van der Waals surface area contributed by atoms with Gasteiger partial charge in [-0.15, -0.1) is 11.3 Å². The van der Waals surface area contributed by atoms with Crippen molar-refractivity contribution in [1.29, 1.82) is 0 Å². The Bertz CT molecular complexity index is 775. The van der Waals surface area contributed by atoms with Gasteiger partial charge in [-0.1, -0.05) is 6.07 Å². The van der Waals surface area contributed by atoms with E-state index < -0.39 is 17.9 Å². The van der Waals surface area contributed by atoms with Gasteiger partial charge in [0.05, 0.1) is 12.5 Å². The second-order valence-electron chi connectivity index (χ2n) is 6.67. The highest BCUT2D eigenvalue weighted by Crippen LogP contribution is 2.14. The van der Waals surface area contributed by atoms with E-state index in [1.807, 2.05) is 17.5 Å². The molecule has 0 spiro atoms. The summed E-state index contributed by atoms with van der Waals surface area (Å²) in [7, 11) is 0. The molecule has 10 heteroatoms. The average molecular weight is 438 g/mol. The van der Waals surface area contributed by atoms with Gasteiger partial charge in [0, 0.05) is 30.6 Å². The third kappa shape index (κ3) is 6.34. The molecule has 156 valence electrons. The molecule has 1 aromatic heterocycles. The Kier molecular flexibility index (Phi) is 7.73. The van der Waals surface area contributed by atoms with Gasteiger partial charge in [0.1, 0.15) is 12.6 Å². The summed E-state index contributed by atoms with van der Waals surface area (Å²) in [5.41, 5.74) is 0. The minimum atomic E-state index is -0.824. The molecule has 0 radical (unpaired) electrons. The molecule has 8 nitrogen and oxygen atoms in total. The third-order valence-corrected chi connectivity index (χ3v) is 5.75. The van der Waals surface area contributed by atoms with Crippen molar-refractivity contribution in [3.05, 3.63) is 28.5 Å². The number of ether oxygens (including phenoxy) is 2. The maximum absolute atomic E-state index is 12.3. The molecule has 2 aliphatic rings. The number of piperazine rings is 1. The normalized spacial score (nSPS) is 21.8. The minimum Gasteiger partial charge on any atom is -0.463 e. The molecule has 2 atom stereocenters. The predicted octanol–water partition coefficient (Wildman–Crippen LogP) is 1.08. The molecular formula is C19H23N3O5S2. The molecular weight excluding hydrogens is 414 g/mol.